The molecule has 2 aromatic carbocycles. The Hall–Kier alpha value is -3.83. The molecule has 3 saturated heterocycles. The number of hydrogen-bond donors (Lipinski definition) is 3. The van der Waals surface area contributed by atoms with Crippen molar-refractivity contribution < 1.29 is 24.2 Å². The molecule has 39 heavy (non-hydrogen) atoms. The summed E-state index contributed by atoms with van der Waals surface area (Å²) >= 11 is 0. The van der Waals surface area contributed by atoms with Gasteiger partial charge in [0, 0.05) is 6.54 Å². The molecule has 0 radical (unpaired) electrons. The van der Waals surface area contributed by atoms with Crippen LogP contribution in [-0.2, 0) is 32.3 Å². The zero-order valence-corrected chi connectivity index (χ0v) is 21.9. The minimum atomic E-state index is -1.17. The van der Waals surface area contributed by atoms with Crippen molar-refractivity contribution in [2.24, 2.45) is 11.8 Å². The van der Waals surface area contributed by atoms with Crippen LogP contribution in [0.25, 0.3) is 11.0 Å². The maximum absolute atomic E-state index is 14.0. The lowest BCUT2D eigenvalue weighted by molar-refractivity contribution is -0.149. The molecule has 3 N–H and O–H groups in total. The molecular formula is C28H32N6O5. The van der Waals surface area contributed by atoms with Gasteiger partial charge in [0.05, 0.1) is 35.6 Å². The molecule has 11 nitrogen and oxygen atoms in total. The summed E-state index contributed by atoms with van der Waals surface area (Å²) in [6.07, 6.45) is 1.00. The topological polar surface area (TPSA) is 139 Å². The van der Waals surface area contributed by atoms with Gasteiger partial charge in [-0.1, -0.05) is 47.7 Å². The lowest BCUT2D eigenvalue weighted by Gasteiger charge is -2.35. The van der Waals surface area contributed by atoms with Gasteiger partial charge in [-0.3, -0.25) is 14.4 Å². The fraction of sp³-hybridized carbons (Fsp3) is 0.464. The average molecular weight is 533 g/mol. The number of nitrogens with one attached hydrogen (secondary N) is 2. The highest BCUT2D eigenvalue weighted by atomic mass is 16.5. The summed E-state index contributed by atoms with van der Waals surface area (Å²) < 4.78 is 8.17. The van der Waals surface area contributed by atoms with Crippen LogP contribution < -0.4 is 10.6 Å². The van der Waals surface area contributed by atoms with E-state index in [2.05, 4.69) is 20.9 Å². The predicted octanol–water partition coefficient (Wildman–Crippen LogP) is 0.967. The van der Waals surface area contributed by atoms with Gasteiger partial charge in [-0.15, -0.1) is 5.10 Å². The van der Waals surface area contributed by atoms with Gasteiger partial charge >= 0.3 is 0 Å². The summed E-state index contributed by atoms with van der Waals surface area (Å²) in [5, 5.41) is 24.2. The molecule has 1 aromatic heterocycles. The number of hydrogen-bond acceptors (Lipinski definition) is 7. The van der Waals surface area contributed by atoms with Crippen LogP contribution in [0.15, 0.2) is 54.6 Å². The molecule has 11 heteroatoms. The van der Waals surface area contributed by atoms with Crippen LogP contribution in [0.4, 0.5) is 0 Å². The highest BCUT2D eigenvalue weighted by Gasteiger charge is 2.78. The molecule has 6 rings (SSSR count). The van der Waals surface area contributed by atoms with E-state index < -0.39 is 41.0 Å². The first kappa shape index (κ1) is 25.4. The van der Waals surface area contributed by atoms with E-state index in [-0.39, 0.29) is 25.1 Å². The molecule has 3 aromatic rings. The number of nitrogens with zero attached hydrogens (tertiary/aromatic N) is 4. The highest BCUT2D eigenvalue weighted by Crippen LogP contribution is 2.63. The standard InChI is InChI=1S/C28H32N6O5/c1-17(15-35)34-23(25(37)30-16-33-20-11-7-6-10-19(20)31-32-33)28-13-12-27(2,39-28)21(22(28)26(34)38)24(36)29-14-18-8-4-3-5-9-18/h3-11,17,21-23,35H,12-16H2,1-2H3,(H,29,36)(H,30,37)/t17-,21-,22+,23?,27+,28?/m1/s1. The number of carbonyl (C=O) groups is 3. The number of likely N-dealkylation sites (tertiary alicyclic amines) is 1. The molecule has 204 valence electrons. The Morgan fingerprint density at radius 1 is 1.10 bits per heavy atom. The smallest absolute Gasteiger partial charge is 0.247 e. The maximum Gasteiger partial charge on any atom is 0.247 e. The SMILES string of the molecule is C[C@H](CO)N1C(=O)[C@@H]2[C@H](C(=O)NCc3ccccc3)[C@]3(C)CCC2(O3)C1C(=O)NCn1nnc2ccccc21. The van der Waals surface area contributed by atoms with E-state index in [1.165, 1.54) is 4.90 Å². The molecular weight excluding hydrogens is 500 g/mol. The number of aliphatic hydroxyl groups is 1. The maximum atomic E-state index is 14.0. The number of aliphatic hydroxyl groups excluding tert-OH is 1. The minimum Gasteiger partial charge on any atom is -0.394 e. The van der Waals surface area contributed by atoms with E-state index in [0.29, 0.717) is 24.9 Å². The average Bonchev–Trinajstić information content (AvgIpc) is 3.66. The monoisotopic (exact) mass is 532 g/mol. The lowest BCUT2D eigenvalue weighted by atomic mass is 9.66. The van der Waals surface area contributed by atoms with Gasteiger partial charge < -0.3 is 25.4 Å². The molecule has 2 unspecified atom stereocenters. The van der Waals surface area contributed by atoms with Crippen molar-refractivity contribution in [1.29, 1.82) is 0 Å². The van der Waals surface area contributed by atoms with Crippen LogP contribution in [0.3, 0.4) is 0 Å². The Bertz CT molecular complexity index is 1430. The van der Waals surface area contributed by atoms with E-state index in [9.17, 15) is 19.5 Å². The normalized spacial score (nSPS) is 30.0. The van der Waals surface area contributed by atoms with E-state index >= 15 is 0 Å². The second-order valence-electron chi connectivity index (χ2n) is 11.0. The molecule has 2 bridgehead atoms. The number of fused-ring (bicyclic) bond motifs is 2. The minimum absolute atomic E-state index is 0.0460. The van der Waals surface area contributed by atoms with E-state index in [4.69, 9.17) is 4.74 Å². The largest absolute Gasteiger partial charge is 0.394 e. The van der Waals surface area contributed by atoms with Crippen molar-refractivity contribution >= 4 is 28.8 Å². The third-order valence-corrected chi connectivity index (χ3v) is 8.62. The van der Waals surface area contributed by atoms with Crippen molar-refractivity contribution in [2.75, 3.05) is 6.61 Å². The van der Waals surface area contributed by atoms with Crippen LogP contribution in [0.1, 0.15) is 32.3 Å². The van der Waals surface area contributed by atoms with Gasteiger partial charge in [0.2, 0.25) is 17.7 Å². The van der Waals surface area contributed by atoms with Gasteiger partial charge in [0.1, 0.15) is 23.8 Å². The first-order valence-corrected chi connectivity index (χ1v) is 13.3. The number of amides is 3. The molecule has 3 aliphatic heterocycles. The van der Waals surface area contributed by atoms with Gasteiger partial charge in [-0.05, 0) is 44.4 Å². The summed E-state index contributed by atoms with van der Waals surface area (Å²) in [5.74, 6) is -2.61. The molecule has 3 fully saturated rings. The van der Waals surface area contributed by atoms with E-state index in [1.807, 2.05) is 61.5 Å². The molecule has 3 aliphatic rings. The number of benzene rings is 2. The Morgan fingerprint density at radius 3 is 2.62 bits per heavy atom. The number of aromatic nitrogens is 3. The third-order valence-electron chi connectivity index (χ3n) is 8.62. The fourth-order valence-corrected chi connectivity index (χ4v) is 6.81. The quantitative estimate of drug-likeness (QED) is 0.393. The Morgan fingerprint density at radius 2 is 1.85 bits per heavy atom. The van der Waals surface area contributed by atoms with Crippen molar-refractivity contribution in [3.05, 3.63) is 60.2 Å². The van der Waals surface area contributed by atoms with E-state index in [0.717, 1.165) is 11.1 Å². The van der Waals surface area contributed by atoms with Crippen molar-refractivity contribution in [3.8, 4) is 0 Å². The Kier molecular flexibility index (Phi) is 6.15. The Balaban J connectivity index is 1.28. The van der Waals surface area contributed by atoms with Gasteiger partial charge in [-0.25, -0.2) is 4.68 Å². The summed E-state index contributed by atoms with van der Waals surface area (Å²) in [5.41, 5.74) is 0.361. The molecule has 1 spiro atoms. The number of carbonyl (C=O) groups excluding carboxylic acids is 3. The lowest BCUT2D eigenvalue weighted by Crippen LogP contribution is -2.57. The fourth-order valence-electron chi connectivity index (χ4n) is 6.81. The van der Waals surface area contributed by atoms with Crippen LogP contribution in [0.5, 0.6) is 0 Å². The third kappa shape index (κ3) is 3.90. The molecule has 0 saturated carbocycles. The van der Waals surface area contributed by atoms with Crippen molar-refractivity contribution in [1.82, 2.24) is 30.5 Å². The zero-order valence-electron chi connectivity index (χ0n) is 21.9. The second kappa shape index (κ2) is 9.42. The van der Waals surface area contributed by atoms with E-state index in [1.54, 1.807) is 11.6 Å². The van der Waals surface area contributed by atoms with Gasteiger partial charge in [0.15, 0.2) is 0 Å². The first-order valence-electron chi connectivity index (χ1n) is 13.3. The van der Waals surface area contributed by atoms with Crippen LogP contribution in [-0.4, -0.2) is 72.6 Å². The second-order valence-corrected chi connectivity index (χ2v) is 11.0. The molecule has 0 aliphatic carbocycles. The molecule has 3 amide bonds. The summed E-state index contributed by atoms with van der Waals surface area (Å²) in [6.45, 7) is 3.60. The van der Waals surface area contributed by atoms with Gasteiger partial charge in [-0.2, -0.15) is 0 Å². The molecule has 6 atom stereocenters. The summed E-state index contributed by atoms with van der Waals surface area (Å²) in [4.78, 5) is 42.8. The number of rotatable bonds is 8. The van der Waals surface area contributed by atoms with Crippen molar-refractivity contribution in [3.63, 3.8) is 0 Å². The van der Waals surface area contributed by atoms with Crippen LogP contribution in [0.2, 0.25) is 0 Å². The summed E-state index contributed by atoms with van der Waals surface area (Å²) in [6, 6.07) is 15.3. The predicted molar refractivity (Wildman–Crippen MR) is 140 cm³/mol. The summed E-state index contributed by atoms with van der Waals surface area (Å²) in [7, 11) is 0. The molecule has 4 heterocycles. The zero-order chi connectivity index (χ0) is 27.4. The number of para-hydroxylation sites is 1. The van der Waals surface area contributed by atoms with Gasteiger partial charge in [0.25, 0.3) is 0 Å². The number of ether oxygens (including phenoxy) is 1. The van der Waals surface area contributed by atoms with Crippen molar-refractivity contribution in [2.45, 2.75) is 63.2 Å². The first-order chi connectivity index (χ1) is 18.8. The Labute approximate surface area is 225 Å². The van der Waals surface area contributed by atoms with Crippen LogP contribution >= 0.6 is 0 Å². The highest BCUT2D eigenvalue weighted by molar-refractivity contribution is 5.99. The van der Waals surface area contributed by atoms with Crippen LogP contribution in [0, 0.1) is 11.8 Å².